The quantitative estimate of drug-likeness (QED) is 0.241. The van der Waals surface area contributed by atoms with Crippen molar-refractivity contribution in [3.05, 3.63) is 130 Å². The molecule has 2 aliphatic carbocycles. The van der Waals surface area contributed by atoms with Crippen molar-refractivity contribution >= 4 is 5.78 Å². The van der Waals surface area contributed by atoms with E-state index in [0.29, 0.717) is 6.42 Å². The molecule has 0 aromatic heterocycles. The van der Waals surface area contributed by atoms with Crippen molar-refractivity contribution in [3.63, 3.8) is 0 Å². The predicted molar refractivity (Wildman–Crippen MR) is 186 cm³/mol. The Morgan fingerprint density at radius 2 is 1.12 bits per heavy atom. The molecule has 0 amide bonds. The largest absolute Gasteiger partial charge is 0.295 e. The second-order valence-corrected chi connectivity index (χ2v) is 13.8. The first-order chi connectivity index (χ1) is 19.6. The monoisotopic (exact) mass is 564 g/mol. The summed E-state index contributed by atoms with van der Waals surface area (Å²) in [7, 11) is 0. The molecular weight excluding hydrogens is 508 g/mol. The highest BCUT2D eigenvalue weighted by Gasteiger charge is 2.31. The van der Waals surface area contributed by atoms with E-state index in [9.17, 15) is 4.79 Å². The molecule has 0 saturated carbocycles. The van der Waals surface area contributed by atoms with Crippen LogP contribution in [0.25, 0.3) is 0 Å². The number of ketones is 1. The topological polar surface area (TPSA) is 17.1 Å². The number of carbonyl (C=O) groups excluding carboxylic acids is 1. The van der Waals surface area contributed by atoms with Crippen LogP contribution in [0.5, 0.6) is 0 Å². The number of rotatable bonds is 10. The summed E-state index contributed by atoms with van der Waals surface area (Å²) in [5.41, 5.74) is 10.2. The molecule has 1 heteroatoms. The van der Waals surface area contributed by atoms with Crippen LogP contribution in [-0.4, -0.2) is 5.78 Å². The molecule has 0 radical (unpaired) electrons. The van der Waals surface area contributed by atoms with Gasteiger partial charge in [-0.15, -0.1) is 0 Å². The van der Waals surface area contributed by atoms with Crippen molar-refractivity contribution in [2.45, 2.75) is 102 Å². The molecule has 2 aliphatic rings. The first-order valence-electron chi connectivity index (χ1n) is 15.6. The van der Waals surface area contributed by atoms with E-state index < -0.39 is 0 Å². The Labute approximate surface area is 258 Å². The van der Waals surface area contributed by atoms with Gasteiger partial charge in [0.05, 0.1) is 0 Å². The van der Waals surface area contributed by atoms with Crippen molar-refractivity contribution < 1.29 is 4.79 Å². The van der Waals surface area contributed by atoms with Crippen molar-refractivity contribution in [2.24, 2.45) is 16.7 Å². The third-order valence-corrected chi connectivity index (χ3v) is 8.52. The summed E-state index contributed by atoms with van der Waals surface area (Å²) >= 11 is 0. The van der Waals surface area contributed by atoms with Gasteiger partial charge in [0.25, 0.3) is 0 Å². The summed E-state index contributed by atoms with van der Waals surface area (Å²) in [5.74, 6) is 1.05. The van der Waals surface area contributed by atoms with Crippen molar-refractivity contribution in [3.8, 4) is 0 Å². The molecule has 226 valence electrons. The summed E-state index contributed by atoms with van der Waals surface area (Å²) in [5, 5.41) is 0. The van der Waals surface area contributed by atoms with Gasteiger partial charge < -0.3 is 0 Å². The highest BCUT2D eigenvalue weighted by Crippen LogP contribution is 2.43. The van der Waals surface area contributed by atoms with Crippen LogP contribution in [0.15, 0.2) is 130 Å². The van der Waals surface area contributed by atoms with E-state index >= 15 is 0 Å². The molecule has 0 spiro atoms. The van der Waals surface area contributed by atoms with Gasteiger partial charge in [0.15, 0.2) is 5.78 Å². The van der Waals surface area contributed by atoms with E-state index in [-0.39, 0.29) is 16.6 Å². The van der Waals surface area contributed by atoms with E-state index in [0.717, 1.165) is 23.5 Å². The second-order valence-electron chi connectivity index (χ2n) is 13.8. The molecule has 42 heavy (non-hydrogen) atoms. The number of allylic oxidation sites excluding steroid dienone is 22. The van der Waals surface area contributed by atoms with Crippen LogP contribution in [0.2, 0.25) is 0 Å². The van der Waals surface area contributed by atoms with Crippen LogP contribution >= 0.6 is 0 Å². The lowest BCUT2D eigenvalue weighted by Gasteiger charge is -2.36. The Hall–Kier alpha value is -3.19. The lowest BCUT2D eigenvalue weighted by atomic mass is 9.69. The minimum Gasteiger partial charge on any atom is -0.295 e. The average molecular weight is 565 g/mol. The van der Waals surface area contributed by atoms with Gasteiger partial charge in [-0.1, -0.05) is 148 Å². The Kier molecular flexibility index (Phi) is 13.2. The minimum atomic E-state index is 0.0498. The molecular formula is C41H56O. The molecule has 1 nitrogen and oxygen atoms in total. The van der Waals surface area contributed by atoms with Gasteiger partial charge in [0, 0.05) is 6.42 Å². The lowest BCUT2D eigenvalue weighted by molar-refractivity contribution is -0.116. The van der Waals surface area contributed by atoms with Crippen molar-refractivity contribution in [1.29, 1.82) is 0 Å². The lowest BCUT2D eigenvalue weighted by Crippen LogP contribution is -2.24. The van der Waals surface area contributed by atoms with Crippen molar-refractivity contribution in [1.82, 2.24) is 0 Å². The highest BCUT2D eigenvalue weighted by atomic mass is 16.1. The molecule has 0 aromatic carbocycles. The summed E-state index contributed by atoms with van der Waals surface area (Å²) in [6.45, 7) is 24.3. The second kappa shape index (κ2) is 15.9. The Bertz CT molecular complexity index is 1330. The molecule has 1 atom stereocenters. The molecule has 0 aliphatic heterocycles. The zero-order valence-corrected chi connectivity index (χ0v) is 28.4. The van der Waals surface area contributed by atoms with Gasteiger partial charge in [0.2, 0.25) is 0 Å². The SMILES string of the molecule is CC1=C(/C=C/C(C)=C/C=C/C(C)=C/C=C/C=C(C)/C=C/C=C(C)/C=C/C2=C(C)C(=O)CCC2(C)C)C(C)(C)CC(C)C1. The van der Waals surface area contributed by atoms with E-state index in [1.165, 1.54) is 46.3 Å². The maximum atomic E-state index is 12.2. The van der Waals surface area contributed by atoms with Crippen LogP contribution < -0.4 is 0 Å². The van der Waals surface area contributed by atoms with Gasteiger partial charge in [-0.3, -0.25) is 4.79 Å². The van der Waals surface area contributed by atoms with Crippen LogP contribution in [0.4, 0.5) is 0 Å². The summed E-state index contributed by atoms with van der Waals surface area (Å²) < 4.78 is 0. The average Bonchev–Trinajstić information content (AvgIpc) is 2.87. The fraction of sp³-hybridized carbons (Fsp3) is 0.439. The van der Waals surface area contributed by atoms with Gasteiger partial charge in [-0.2, -0.15) is 0 Å². The van der Waals surface area contributed by atoms with E-state index in [1.807, 2.05) is 6.92 Å². The van der Waals surface area contributed by atoms with Crippen LogP contribution in [0.3, 0.4) is 0 Å². The molecule has 0 N–H and O–H groups in total. The van der Waals surface area contributed by atoms with Gasteiger partial charge in [0.1, 0.15) is 0 Å². The van der Waals surface area contributed by atoms with Crippen LogP contribution in [0.1, 0.15) is 102 Å². The zero-order valence-electron chi connectivity index (χ0n) is 28.4. The molecule has 0 saturated heterocycles. The van der Waals surface area contributed by atoms with E-state index in [2.05, 4.69) is 154 Å². The smallest absolute Gasteiger partial charge is 0.158 e. The number of hydrogen-bond donors (Lipinski definition) is 0. The third-order valence-electron chi connectivity index (χ3n) is 8.52. The molecule has 0 fully saturated rings. The maximum Gasteiger partial charge on any atom is 0.158 e. The summed E-state index contributed by atoms with van der Waals surface area (Å²) in [6, 6.07) is 0. The molecule has 0 aromatic rings. The molecule has 1 unspecified atom stereocenters. The van der Waals surface area contributed by atoms with Gasteiger partial charge in [-0.25, -0.2) is 0 Å². The predicted octanol–water partition coefficient (Wildman–Crippen LogP) is 12.0. The van der Waals surface area contributed by atoms with E-state index in [1.54, 1.807) is 0 Å². The number of carbonyl (C=O) groups is 1. The molecule has 0 heterocycles. The fourth-order valence-corrected chi connectivity index (χ4v) is 6.16. The Morgan fingerprint density at radius 3 is 1.62 bits per heavy atom. The zero-order chi connectivity index (χ0) is 31.5. The number of Topliss-reactive ketones (excluding diaryl/α,β-unsaturated/α-hetero) is 1. The Balaban J connectivity index is 1.92. The van der Waals surface area contributed by atoms with Crippen molar-refractivity contribution in [2.75, 3.05) is 0 Å². The van der Waals surface area contributed by atoms with E-state index in [4.69, 9.17) is 0 Å². The van der Waals surface area contributed by atoms with Crippen LogP contribution in [-0.2, 0) is 4.79 Å². The number of hydrogen-bond acceptors (Lipinski definition) is 1. The standard InChI is InChI=1S/C41H56O/c1-30(18-14-20-32(3)22-24-37-35(6)28-34(5)29-41(37,10)11)16-12-13-17-31(2)19-15-21-33(4)23-25-38-36(7)39(42)26-27-40(38,8)9/h12-25,34H,26-29H2,1-11H3/b13-12+,18-14+,19-15+,24-22+,25-23+,30-16+,31-17+,32-20+,33-21+. The first-order valence-corrected chi connectivity index (χ1v) is 15.6. The highest BCUT2D eigenvalue weighted by molar-refractivity contribution is 5.97. The molecule has 0 bridgehead atoms. The third kappa shape index (κ3) is 11.2. The van der Waals surface area contributed by atoms with Crippen LogP contribution in [0, 0.1) is 16.7 Å². The van der Waals surface area contributed by atoms with Gasteiger partial charge in [-0.05, 0) is 94.3 Å². The maximum absolute atomic E-state index is 12.2. The summed E-state index contributed by atoms with van der Waals surface area (Å²) in [6.07, 6.45) is 34.1. The van der Waals surface area contributed by atoms with Gasteiger partial charge >= 0.3 is 0 Å². The normalized spacial score (nSPS) is 23.3. The summed E-state index contributed by atoms with van der Waals surface area (Å²) in [4.78, 5) is 12.2. The molecule has 2 rings (SSSR count). The Morgan fingerprint density at radius 1 is 0.667 bits per heavy atom. The fourth-order valence-electron chi connectivity index (χ4n) is 6.16. The minimum absolute atomic E-state index is 0.0498. The first kappa shape index (κ1) is 35.0.